The fourth-order valence-electron chi connectivity index (χ4n) is 1.27. The number of carbonyl (C=O) groups is 1. The number of nitrogens with one attached hydrogen (secondary N) is 2. The number of likely N-dealkylation sites (N-methyl/N-ethyl adjacent to an activating group) is 1. The van der Waals surface area contributed by atoms with Crippen molar-refractivity contribution in [3.8, 4) is 0 Å². The highest BCUT2D eigenvalue weighted by Gasteiger charge is 2.07. The molecule has 100 valence electrons. The average molecular weight is 251 g/mol. The Morgan fingerprint density at radius 2 is 2.06 bits per heavy atom. The lowest BCUT2D eigenvalue weighted by atomic mass is 10.4. The van der Waals surface area contributed by atoms with E-state index in [-0.39, 0.29) is 5.91 Å². The molecule has 6 heteroatoms. The van der Waals surface area contributed by atoms with Crippen LogP contribution < -0.4 is 10.6 Å². The molecule has 0 aliphatic rings. The number of hydrogen-bond donors (Lipinski definition) is 2. The molecule has 18 heavy (non-hydrogen) atoms. The summed E-state index contributed by atoms with van der Waals surface area (Å²) in [5, 5.41) is 5.90. The molecule has 0 aliphatic carbocycles. The van der Waals surface area contributed by atoms with Crippen LogP contribution in [0.5, 0.6) is 0 Å². The molecule has 1 rings (SSSR count). The molecule has 0 saturated carbocycles. The Labute approximate surface area is 108 Å². The number of carbonyl (C=O) groups excluding carboxylic acids is 1. The van der Waals surface area contributed by atoms with Gasteiger partial charge in [-0.1, -0.05) is 6.92 Å². The second-order valence-corrected chi connectivity index (χ2v) is 4.27. The predicted molar refractivity (Wildman–Crippen MR) is 71.7 cm³/mol. The first kappa shape index (κ1) is 14.4. The maximum atomic E-state index is 11.7. The quantitative estimate of drug-likeness (QED) is 0.742. The number of hydrogen-bond acceptors (Lipinski definition) is 5. The molecular formula is C12H21N5O. The van der Waals surface area contributed by atoms with E-state index in [0.29, 0.717) is 18.1 Å². The molecule has 0 bridgehead atoms. The predicted octanol–water partition coefficient (Wildman–Crippen LogP) is 0.590. The third kappa shape index (κ3) is 5.09. The Hall–Kier alpha value is -1.69. The van der Waals surface area contributed by atoms with Crippen LogP contribution in [0.1, 0.15) is 23.8 Å². The SMILES string of the molecule is CCCNc1cnc(C(=O)NCCN(C)C)cn1. The van der Waals surface area contributed by atoms with Crippen LogP contribution in [-0.2, 0) is 0 Å². The Balaban J connectivity index is 2.43. The third-order valence-electron chi connectivity index (χ3n) is 2.29. The largest absolute Gasteiger partial charge is 0.369 e. The van der Waals surface area contributed by atoms with Gasteiger partial charge in [0.15, 0.2) is 0 Å². The monoisotopic (exact) mass is 251 g/mol. The van der Waals surface area contributed by atoms with Gasteiger partial charge < -0.3 is 15.5 Å². The van der Waals surface area contributed by atoms with E-state index in [1.165, 1.54) is 6.20 Å². The molecule has 0 unspecified atom stereocenters. The lowest BCUT2D eigenvalue weighted by Crippen LogP contribution is -2.31. The maximum Gasteiger partial charge on any atom is 0.271 e. The zero-order valence-electron chi connectivity index (χ0n) is 11.2. The number of nitrogens with zero attached hydrogens (tertiary/aromatic N) is 3. The second kappa shape index (κ2) is 7.60. The molecule has 0 atom stereocenters. The van der Waals surface area contributed by atoms with Crippen LogP contribution in [0.3, 0.4) is 0 Å². The van der Waals surface area contributed by atoms with E-state index in [2.05, 4.69) is 27.5 Å². The van der Waals surface area contributed by atoms with Crippen LogP contribution in [0.2, 0.25) is 0 Å². The molecule has 0 fully saturated rings. The minimum atomic E-state index is -0.189. The topological polar surface area (TPSA) is 70.2 Å². The highest BCUT2D eigenvalue weighted by atomic mass is 16.1. The first-order chi connectivity index (χ1) is 8.63. The lowest BCUT2D eigenvalue weighted by Gasteiger charge is -2.10. The van der Waals surface area contributed by atoms with E-state index in [1.807, 2.05) is 19.0 Å². The molecule has 1 heterocycles. The molecule has 0 aliphatic heterocycles. The van der Waals surface area contributed by atoms with E-state index in [0.717, 1.165) is 19.5 Å². The van der Waals surface area contributed by atoms with Crippen molar-refractivity contribution in [3.63, 3.8) is 0 Å². The minimum absolute atomic E-state index is 0.189. The highest BCUT2D eigenvalue weighted by Crippen LogP contribution is 2.00. The fraction of sp³-hybridized carbons (Fsp3) is 0.583. The van der Waals surface area contributed by atoms with Crippen molar-refractivity contribution < 1.29 is 4.79 Å². The van der Waals surface area contributed by atoms with Crippen molar-refractivity contribution in [1.29, 1.82) is 0 Å². The van der Waals surface area contributed by atoms with Crippen molar-refractivity contribution >= 4 is 11.7 Å². The minimum Gasteiger partial charge on any atom is -0.369 e. The Morgan fingerprint density at radius 3 is 2.61 bits per heavy atom. The van der Waals surface area contributed by atoms with Gasteiger partial charge in [0.1, 0.15) is 11.5 Å². The van der Waals surface area contributed by atoms with Gasteiger partial charge in [0.2, 0.25) is 0 Å². The highest BCUT2D eigenvalue weighted by molar-refractivity contribution is 5.91. The normalized spacial score (nSPS) is 10.4. The number of rotatable bonds is 7. The van der Waals surface area contributed by atoms with Gasteiger partial charge >= 0.3 is 0 Å². The Kier molecular flexibility index (Phi) is 6.07. The fourth-order valence-corrected chi connectivity index (χ4v) is 1.27. The summed E-state index contributed by atoms with van der Waals surface area (Å²) in [5.41, 5.74) is 0.343. The second-order valence-electron chi connectivity index (χ2n) is 4.27. The van der Waals surface area contributed by atoms with Gasteiger partial charge in [-0.15, -0.1) is 0 Å². The summed E-state index contributed by atoms with van der Waals surface area (Å²) in [4.78, 5) is 21.9. The van der Waals surface area contributed by atoms with Crippen LogP contribution in [0.25, 0.3) is 0 Å². The summed E-state index contributed by atoms with van der Waals surface area (Å²) in [5.74, 6) is 0.507. The summed E-state index contributed by atoms with van der Waals surface area (Å²) < 4.78 is 0. The van der Waals surface area contributed by atoms with Gasteiger partial charge in [0, 0.05) is 19.6 Å². The molecule has 1 aromatic rings. The van der Waals surface area contributed by atoms with Crippen LogP contribution in [-0.4, -0.2) is 54.5 Å². The van der Waals surface area contributed by atoms with Crippen molar-refractivity contribution in [2.75, 3.05) is 39.0 Å². The van der Waals surface area contributed by atoms with E-state index in [4.69, 9.17) is 0 Å². The molecule has 1 aromatic heterocycles. The molecular weight excluding hydrogens is 230 g/mol. The zero-order chi connectivity index (χ0) is 13.4. The summed E-state index contributed by atoms with van der Waals surface area (Å²) in [6.07, 6.45) is 4.09. The van der Waals surface area contributed by atoms with Crippen LogP contribution >= 0.6 is 0 Å². The molecule has 0 radical (unpaired) electrons. The van der Waals surface area contributed by atoms with Gasteiger partial charge in [-0.2, -0.15) is 0 Å². The Morgan fingerprint density at radius 1 is 1.28 bits per heavy atom. The molecule has 1 amide bonds. The van der Waals surface area contributed by atoms with E-state index < -0.39 is 0 Å². The average Bonchev–Trinajstić information content (AvgIpc) is 2.36. The summed E-state index contributed by atoms with van der Waals surface area (Å²) >= 11 is 0. The molecule has 6 nitrogen and oxygen atoms in total. The standard InChI is InChI=1S/C12H21N5O/c1-4-5-13-11-9-15-10(8-16-11)12(18)14-6-7-17(2)3/h8-9H,4-7H2,1-3H3,(H,13,16)(H,14,18). The van der Waals surface area contributed by atoms with E-state index in [1.54, 1.807) is 6.20 Å². The molecule has 0 aromatic carbocycles. The van der Waals surface area contributed by atoms with Crippen LogP contribution in [0, 0.1) is 0 Å². The molecule has 0 saturated heterocycles. The first-order valence-electron chi connectivity index (χ1n) is 6.12. The molecule has 0 spiro atoms. The number of amides is 1. The third-order valence-corrected chi connectivity index (χ3v) is 2.29. The van der Waals surface area contributed by atoms with Gasteiger partial charge in [-0.25, -0.2) is 9.97 Å². The lowest BCUT2D eigenvalue weighted by molar-refractivity contribution is 0.0945. The van der Waals surface area contributed by atoms with Crippen molar-refractivity contribution in [2.45, 2.75) is 13.3 Å². The zero-order valence-corrected chi connectivity index (χ0v) is 11.2. The van der Waals surface area contributed by atoms with Gasteiger partial charge in [0.25, 0.3) is 5.91 Å². The Bertz CT molecular complexity index is 363. The van der Waals surface area contributed by atoms with Crippen LogP contribution in [0.4, 0.5) is 5.82 Å². The first-order valence-corrected chi connectivity index (χ1v) is 6.12. The van der Waals surface area contributed by atoms with Crippen molar-refractivity contribution in [1.82, 2.24) is 20.2 Å². The summed E-state index contributed by atoms with van der Waals surface area (Å²) in [6, 6.07) is 0. The molecule has 2 N–H and O–H groups in total. The maximum absolute atomic E-state index is 11.7. The van der Waals surface area contributed by atoms with Crippen molar-refractivity contribution in [3.05, 3.63) is 18.1 Å². The number of anilines is 1. The smallest absolute Gasteiger partial charge is 0.271 e. The summed E-state index contributed by atoms with van der Waals surface area (Å²) in [7, 11) is 3.92. The van der Waals surface area contributed by atoms with Gasteiger partial charge in [-0.3, -0.25) is 4.79 Å². The van der Waals surface area contributed by atoms with E-state index in [9.17, 15) is 4.79 Å². The van der Waals surface area contributed by atoms with Crippen molar-refractivity contribution in [2.24, 2.45) is 0 Å². The van der Waals surface area contributed by atoms with Crippen LogP contribution in [0.15, 0.2) is 12.4 Å². The van der Waals surface area contributed by atoms with E-state index >= 15 is 0 Å². The summed E-state index contributed by atoms with van der Waals surface area (Å²) in [6.45, 7) is 4.33. The number of aromatic nitrogens is 2. The van der Waals surface area contributed by atoms with Gasteiger partial charge in [-0.05, 0) is 20.5 Å². The van der Waals surface area contributed by atoms with Gasteiger partial charge in [0.05, 0.1) is 12.4 Å².